The summed E-state index contributed by atoms with van der Waals surface area (Å²) in [5, 5.41) is 11.6. The molecule has 1 unspecified atom stereocenters. The Balaban J connectivity index is 1.43. The van der Waals surface area contributed by atoms with Crippen LogP contribution in [0.5, 0.6) is 17.2 Å². The zero-order valence-corrected chi connectivity index (χ0v) is 19.7. The van der Waals surface area contributed by atoms with Gasteiger partial charge >= 0.3 is 0 Å². The Morgan fingerprint density at radius 2 is 1.94 bits per heavy atom. The van der Waals surface area contributed by atoms with Gasteiger partial charge in [-0.3, -0.25) is 4.99 Å². The minimum Gasteiger partial charge on any atom is -0.491 e. The maximum atomic E-state index is 9.26. The molecule has 7 heteroatoms. The van der Waals surface area contributed by atoms with Gasteiger partial charge in [0.25, 0.3) is 0 Å². The molecule has 3 heterocycles. The molecule has 1 saturated heterocycles. The van der Waals surface area contributed by atoms with E-state index in [0.29, 0.717) is 17.8 Å². The Morgan fingerprint density at radius 1 is 1.12 bits per heavy atom. The summed E-state index contributed by atoms with van der Waals surface area (Å²) in [6.07, 6.45) is 2.81. The second-order valence-electron chi connectivity index (χ2n) is 8.75. The zero-order chi connectivity index (χ0) is 22.6. The van der Waals surface area contributed by atoms with Crippen molar-refractivity contribution in [1.82, 2.24) is 4.98 Å². The van der Waals surface area contributed by atoms with Crippen LogP contribution in [0.2, 0.25) is 0 Å². The Morgan fingerprint density at radius 3 is 2.73 bits per heavy atom. The van der Waals surface area contributed by atoms with Gasteiger partial charge in [-0.2, -0.15) is 0 Å². The lowest BCUT2D eigenvalue weighted by Gasteiger charge is -2.22. The second kappa shape index (κ2) is 10.2. The number of aromatic nitrogens is 1. The highest BCUT2D eigenvalue weighted by atomic mass is 32.2. The first-order valence-electron chi connectivity index (χ1n) is 11.6. The Labute approximate surface area is 198 Å². The van der Waals surface area contributed by atoms with E-state index >= 15 is 0 Å². The number of hydrogen-bond donors (Lipinski definition) is 2. The van der Waals surface area contributed by atoms with Crippen molar-refractivity contribution in [2.24, 2.45) is 10.9 Å². The number of hydrogen-bond acceptors (Lipinski definition) is 6. The van der Waals surface area contributed by atoms with Gasteiger partial charge in [-0.1, -0.05) is 29.5 Å². The quantitative estimate of drug-likeness (QED) is 0.470. The summed E-state index contributed by atoms with van der Waals surface area (Å²) < 4.78 is 18.0. The molecule has 0 bridgehead atoms. The highest BCUT2D eigenvalue weighted by Gasteiger charge is 2.23. The minimum atomic E-state index is 0.192. The fourth-order valence-corrected chi connectivity index (χ4v) is 5.27. The SMILES string of the molecule is Cc1ccc(Oc2cc(OCC3CCOCC3)c3[nH]c(C4=NCC(CCO)S4)cc3c2)cc1. The van der Waals surface area contributed by atoms with E-state index in [-0.39, 0.29) is 6.61 Å². The molecule has 33 heavy (non-hydrogen) atoms. The minimum absolute atomic E-state index is 0.192. The van der Waals surface area contributed by atoms with Gasteiger partial charge in [-0.25, -0.2) is 0 Å². The van der Waals surface area contributed by atoms with Gasteiger partial charge in [-0.15, -0.1) is 0 Å². The number of aliphatic hydroxyl groups is 1. The van der Waals surface area contributed by atoms with E-state index in [9.17, 15) is 5.11 Å². The van der Waals surface area contributed by atoms with Crippen LogP contribution in [0.15, 0.2) is 47.5 Å². The van der Waals surface area contributed by atoms with Crippen LogP contribution in [0.25, 0.3) is 10.9 Å². The van der Waals surface area contributed by atoms with Crippen LogP contribution < -0.4 is 9.47 Å². The van der Waals surface area contributed by atoms with E-state index in [0.717, 1.165) is 77.9 Å². The number of aromatic amines is 1. The number of aliphatic hydroxyl groups excluding tert-OH is 1. The largest absolute Gasteiger partial charge is 0.491 e. The van der Waals surface area contributed by atoms with Gasteiger partial charge in [0.1, 0.15) is 22.3 Å². The van der Waals surface area contributed by atoms with Crippen molar-refractivity contribution in [3.63, 3.8) is 0 Å². The van der Waals surface area contributed by atoms with Gasteiger partial charge < -0.3 is 24.3 Å². The summed E-state index contributed by atoms with van der Waals surface area (Å²) in [7, 11) is 0. The lowest BCUT2D eigenvalue weighted by molar-refractivity contribution is 0.0499. The number of H-pyrrole nitrogens is 1. The van der Waals surface area contributed by atoms with Crippen molar-refractivity contribution in [2.75, 3.05) is 33.0 Å². The molecule has 2 N–H and O–H groups in total. The number of aliphatic imine (C=N–C) groups is 1. The third kappa shape index (κ3) is 5.37. The summed E-state index contributed by atoms with van der Waals surface area (Å²) in [6.45, 7) is 5.27. The number of fused-ring (bicyclic) bond motifs is 1. The molecule has 0 spiro atoms. The second-order valence-corrected chi connectivity index (χ2v) is 10.0. The molecular weight excluding hydrogens is 436 g/mol. The maximum Gasteiger partial charge on any atom is 0.147 e. The molecule has 2 aliphatic rings. The van der Waals surface area contributed by atoms with Gasteiger partial charge in [0.05, 0.1) is 24.4 Å². The first-order valence-corrected chi connectivity index (χ1v) is 12.5. The normalized spacial score (nSPS) is 19.1. The monoisotopic (exact) mass is 466 g/mol. The molecule has 174 valence electrons. The van der Waals surface area contributed by atoms with Gasteiger partial charge in [-0.05, 0) is 56.4 Å². The van der Waals surface area contributed by atoms with Crippen molar-refractivity contribution in [1.29, 1.82) is 0 Å². The summed E-state index contributed by atoms with van der Waals surface area (Å²) in [6, 6.07) is 14.2. The van der Waals surface area contributed by atoms with E-state index < -0.39 is 0 Å². The fraction of sp³-hybridized carbons (Fsp3) is 0.423. The number of nitrogens with one attached hydrogen (secondary N) is 1. The Bertz CT molecular complexity index is 1120. The van der Waals surface area contributed by atoms with Crippen LogP contribution in [0.1, 0.15) is 30.5 Å². The number of rotatable bonds is 8. The number of aryl methyl sites for hydroxylation is 1. The first-order chi connectivity index (χ1) is 16.2. The first kappa shape index (κ1) is 22.3. The lowest BCUT2D eigenvalue weighted by atomic mass is 10.0. The summed E-state index contributed by atoms with van der Waals surface area (Å²) >= 11 is 1.73. The van der Waals surface area contributed by atoms with Crippen LogP contribution in [0, 0.1) is 12.8 Å². The van der Waals surface area contributed by atoms with Crippen molar-refractivity contribution in [2.45, 2.75) is 31.4 Å². The molecule has 0 aliphatic carbocycles. The van der Waals surface area contributed by atoms with E-state index in [1.807, 2.05) is 36.4 Å². The Kier molecular flexibility index (Phi) is 6.90. The third-order valence-electron chi connectivity index (χ3n) is 6.14. The average Bonchev–Trinajstić information content (AvgIpc) is 3.47. The van der Waals surface area contributed by atoms with E-state index in [1.165, 1.54) is 5.56 Å². The number of benzene rings is 2. The van der Waals surface area contributed by atoms with E-state index in [2.05, 4.69) is 18.0 Å². The van der Waals surface area contributed by atoms with Crippen molar-refractivity contribution in [3.8, 4) is 17.2 Å². The molecule has 1 fully saturated rings. The average molecular weight is 467 g/mol. The standard InChI is InChI=1S/C26H30N2O4S/c1-17-2-4-20(5-3-17)32-21-12-19-13-23(26-27-15-22(33-26)6-9-29)28-25(19)24(14-21)31-16-18-7-10-30-11-8-18/h2-5,12-14,18,22,28-29H,6-11,15-16H2,1H3. The summed E-state index contributed by atoms with van der Waals surface area (Å²) in [5.41, 5.74) is 3.14. The molecule has 5 rings (SSSR count). The van der Waals surface area contributed by atoms with E-state index in [1.54, 1.807) is 11.8 Å². The topological polar surface area (TPSA) is 76.1 Å². The molecule has 0 saturated carbocycles. The molecule has 2 aromatic carbocycles. The predicted octanol–water partition coefficient (Wildman–Crippen LogP) is 5.32. The zero-order valence-electron chi connectivity index (χ0n) is 18.9. The van der Waals surface area contributed by atoms with Crippen LogP contribution in [-0.2, 0) is 4.74 Å². The molecule has 1 aromatic heterocycles. The maximum absolute atomic E-state index is 9.26. The van der Waals surface area contributed by atoms with E-state index in [4.69, 9.17) is 19.2 Å². The van der Waals surface area contributed by atoms with Crippen molar-refractivity contribution in [3.05, 3.63) is 53.7 Å². The van der Waals surface area contributed by atoms with Crippen LogP contribution in [0.3, 0.4) is 0 Å². The lowest BCUT2D eigenvalue weighted by Crippen LogP contribution is -2.21. The summed E-state index contributed by atoms with van der Waals surface area (Å²) in [4.78, 5) is 8.24. The van der Waals surface area contributed by atoms with Crippen LogP contribution in [0.4, 0.5) is 0 Å². The highest BCUT2D eigenvalue weighted by molar-refractivity contribution is 8.15. The molecule has 3 aromatic rings. The van der Waals surface area contributed by atoms with Crippen molar-refractivity contribution >= 4 is 27.7 Å². The van der Waals surface area contributed by atoms with Crippen molar-refractivity contribution < 1.29 is 19.3 Å². The number of nitrogens with zero attached hydrogens (tertiary/aromatic N) is 1. The molecule has 2 aliphatic heterocycles. The number of thioether (sulfide) groups is 1. The third-order valence-corrected chi connectivity index (χ3v) is 7.43. The van der Waals surface area contributed by atoms with Gasteiger partial charge in [0.15, 0.2) is 0 Å². The smallest absolute Gasteiger partial charge is 0.147 e. The van der Waals surface area contributed by atoms with Crippen LogP contribution >= 0.6 is 11.8 Å². The molecular formula is C26H30N2O4S. The predicted molar refractivity (Wildman–Crippen MR) is 133 cm³/mol. The molecule has 0 radical (unpaired) electrons. The Hall–Kier alpha value is -2.48. The van der Waals surface area contributed by atoms with Gasteiger partial charge in [0.2, 0.25) is 0 Å². The summed E-state index contributed by atoms with van der Waals surface area (Å²) in [5.74, 6) is 2.84. The molecule has 0 amide bonds. The van der Waals surface area contributed by atoms with Crippen LogP contribution in [-0.4, -0.2) is 53.4 Å². The number of ether oxygens (including phenoxy) is 3. The molecule has 1 atom stereocenters. The fourth-order valence-electron chi connectivity index (χ4n) is 4.20. The molecule has 6 nitrogen and oxygen atoms in total. The van der Waals surface area contributed by atoms with Gasteiger partial charge in [0, 0.05) is 36.5 Å². The highest BCUT2D eigenvalue weighted by Crippen LogP contribution is 2.36.